The van der Waals surface area contributed by atoms with E-state index in [4.69, 9.17) is 0 Å². The smallest absolute Gasteiger partial charge is 0.242 e. The van der Waals surface area contributed by atoms with Gasteiger partial charge in [0.2, 0.25) is 11.8 Å². The molecule has 3 heterocycles. The van der Waals surface area contributed by atoms with Crippen molar-refractivity contribution in [2.45, 2.75) is 37.7 Å². The first-order valence-electron chi connectivity index (χ1n) is 8.06. The fourth-order valence-corrected chi connectivity index (χ4v) is 3.69. The van der Waals surface area contributed by atoms with Gasteiger partial charge in [-0.3, -0.25) is 9.59 Å². The number of β-amino-alcohol motifs (C(OH)–C–C–N with tert-alkyl or cyclic N) is 1. The number of rotatable bonds is 4. The molecule has 3 rings (SSSR count). The minimum Gasteiger partial charge on any atom is -0.387 e. The Kier molecular flexibility index (Phi) is 4.17. The van der Waals surface area contributed by atoms with Crippen molar-refractivity contribution >= 4 is 11.8 Å². The number of hydrogen-bond donors (Lipinski definition) is 1. The molecule has 21 heavy (non-hydrogen) atoms. The summed E-state index contributed by atoms with van der Waals surface area (Å²) in [4.78, 5) is 29.5. The summed E-state index contributed by atoms with van der Waals surface area (Å²) in [6.45, 7) is 4.65. The second-order valence-corrected chi connectivity index (χ2v) is 6.69. The zero-order valence-electron chi connectivity index (χ0n) is 12.6. The van der Waals surface area contributed by atoms with Crippen molar-refractivity contribution < 1.29 is 14.7 Å². The van der Waals surface area contributed by atoms with Crippen molar-refractivity contribution in [3.63, 3.8) is 0 Å². The third kappa shape index (κ3) is 3.37. The molecule has 1 unspecified atom stereocenters. The van der Waals surface area contributed by atoms with Gasteiger partial charge in [0.1, 0.15) is 0 Å². The van der Waals surface area contributed by atoms with Crippen LogP contribution in [-0.4, -0.2) is 83.0 Å². The molecule has 0 spiro atoms. The van der Waals surface area contributed by atoms with Crippen LogP contribution in [-0.2, 0) is 9.59 Å². The van der Waals surface area contributed by atoms with E-state index in [1.165, 1.54) is 12.8 Å². The van der Waals surface area contributed by atoms with Gasteiger partial charge in [0, 0.05) is 26.1 Å². The van der Waals surface area contributed by atoms with Crippen LogP contribution in [0.4, 0.5) is 0 Å². The van der Waals surface area contributed by atoms with Crippen molar-refractivity contribution in [1.29, 1.82) is 0 Å². The zero-order valence-corrected chi connectivity index (χ0v) is 12.6. The van der Waals surface area contributed by atoms with Crippen LogP contribution in [0, 0.1) is 0 Å². The molecule has 1 atom stereocenters. The second-order valence-electron chi connectivity index (χ2n) is 6.69. The lowest BCUT2D eigenvalue weighted by molar-refractivity contribution is -0.138. The molecule has 0 aromatic heterocycles. The summed E-state index contributed by atoms with van der Waals surface area (Å²) >= 11 is 0. The molecular weight excluding hydrogens is 270 g/mol. The number of amides is 2. The van der Waals surface area contributed by atoms with Gasteiger partial charge in [0.05, 0.1) is 18.7 Å². The molecule has 1 N–H and O–H groups in total. The molecule has 0 aromatic rings. The molecule has 0 aliphatic carbocycles. The van der Waals surface area contributed by atoms with E-state index in [-0.39, 0.29) is 18.4 Å². The Morgan fingerprint density at radius 1 is 1.14 bits per heavy atom. The summed E-state index contributed by atoms with van der Waals surface area (Å²) < 4.78 is 0. The van der Waals surface area contributed by atoms with Crippen molar-refractivity contribution in [2.75, 3.05) is 45.8 Å². The molecule has 2 amide bonds. The molecule has 0 radical (unpaired) electrons. The maximum atomic E-state index is 12.3. The molecule has 0 bridgehead atoms. The predicted octanol–water partition coefficient (Wildman–Crippen LogP) is -0.332. The summed E-state index contributed by atoms with van der Waals surface area (Å²) in [6.07, 6.45) is 4.46. The van der Waals surface area contributed by atoms with Crippen LogP contribution >= 0.6 is 0 Å². The van der Waals surface area contributed by atoms with Gasteiger partial charge >= 0.3 is 0 Å². The van der Waals surface area contributed by atoms with Crippen LogP contribution < -0.4 is 0 Å². The molecule has 118 valence electrons. The molecule has 6 nitrogen and oxygen atoms in total. The third-order valence-electron chi connectivity index (χ3n) is 4.90. The maximum Gasteiger partial charge on any atom is 0.242 e. The third-order valence-corrected chi connectivity index (χ3v) is 4.90. The van der Waals surface area contributed by atoms with Gasteiger partial charge < -0.3 is 19.8 Å². The van der Waals surface area contributed by atoms with E-state index in [2.05, 4.69) is 4.90 Å². The summed E-state index contributed by atoms with van der Waals surface area (Å²) in [5.74, 6) is 0.0532. The van der Waals surface area contributed by atoms with Crippen molar-refractivity contribution in [3.05, 3.63) is 0 Å². The topological polar surface area (TPSA) is 64.1 Å². The van der Waals surface area contributed by atoms with Crippen LogP contribution in [0.15, 0.2) is 0 Å². The fourth-order valence-electron chi connectivity index (χ4n) is 3.69. The molecule has 6 heteroatoms. The van der Waals surface area contributed by atoms with Crippen LogP contribution in [0.5, 0.6) is 0 Å². The normalized spacial score (nSPS) is 30.6. The molecule has 3 saturated heterocycles. The Morgan fingerprint density at radius 2 is 1.90 bits per heavy atom. The summed E-state index contributed by atoms with van der Waals surface area (Å²) in [7, 11) is 0. The molecule has 0 aromatic carbocycles. The number of likely N-dealkylation sites (tertiary alicyclic amines) is 3. The Bertz CT molecular complexity index is 422. The quantitative estimate of drug-likeness (QED) is 0.771. The first-order chi connectivity index (χ1) is 10.1. The highest BCUT2D eigenvalue weighted by Crippen LogP contribution is 2.24. The lowest BCUT2D eigenvalue weighted by Crippen LogP contribution is -2.46. The molecule has 3 aliphatic heterocycles. The van der Waals surface area contributed by atoms with Gasteiger partial charge in [-0.15, -0.1) is 0 Å². The standard InChI is InChI=1S/C15H25N3O3/c19-13-4-3-8-17(13)10-14(20)18-9-5-15(21,12-18)11-16-6-1-2-7-16/h21H,1-12H2. The average Bonchev–Trinajstić information content (AvgIpc) is 3.14. The van der Waals surface area contributed by atoms with Crippen LogP contribution in [0.2, 0.25) is 0 Å². The average molecular weight is 295 g/mol. The minimum absolute atomic E-state index is 0.0254. The van der Waals surface area contributed by atoms with E-state index < -0.39 is 5.60 Å². The minimum atomic E-state index is -0.769. The highest BCUT2D eigenvalue weighted by atomic mass is 16.3. The van der Waals surface area contributed by atoms with E-state index >= 15 is 0 Å². The fraction of sp³-hybridized carbons (Fsp3) is 0.867. The first kappa shape index (κ1) is 14.8. The number of nitrogens with zero attached hydrogens (tertiary/aromatic N) is 3. The van der Waals surface area contributed by atoms with Gasteiger partial charge in [-0.05, 0) is 38.8 Å². The number of aliphatic hydroxyl groups is 1. The van der Waals surface area contributed by atoms with Crippen LogP contribution in [0.3, 0.4) is 0 Å². The van der Waals surface area contributed by atoms with Gasteiger partial charge in [-0.2, -0.15) is 0 Å². The Labute approximate surface area is 125 Å². The molecule has 0 saturated carbocycles. The number of hydrogen-bond acceptors (Lipinski definition) is 4. The number of carbonyl (C=O) groups is 2. The van der Waals surface area contributed by atoms with Crippen LogP contribution in [0.1, 0.15) is 32.1 Å². The number of carbonyl (C=O) groups excluding carboxylic acids is 2. The monoisotopic (exact) mass is 295 g/mol. The zero-order chi connectivity index (χ0) is 14.9. The van der Waals surface area contributed by atoms with Crippen molar-refractivity contribution in [2.24, 2.45) is 0 Å². The van der Waals surface area contributed by atoms with Crippen LogP contribution in [0.25, 0.3) is 0 Å². The van der Waals surface area contributed by atoms with Gasteiger partial charge in [0.25, 0.3) is 0 Å². The van der Waals surface area contributed by atoms with Crippen molar-refractivity contribution in [3.8, 4) is 0 Å². The molecule has 3 aliphatic rings. The SMILES string of the molecule is O=C1CCCN1CC(=O)N1CCC(O)(CN2CCCC2)C1. The lowest BCUT2D eigenvalue weighted by Gasteiger charge is -2.29. The van der Waals surface area contributed by atoms with E-state index in [9.17, 15) is 14.7 Å². The highest BCUT2D eigenvalue weighted by molar-refractivity contribution is 5.86. The predicted molar refractivity (Wildman–Crippen MR) is 77.6 cm³/mol. The largest absolute Gasteiger partial charge is 0.387 e. The van der Waals surface area contributed by atoms with E-state index in [0.717, 1.165) is 19.5 Å². The Hall–Kier alpha value is -1.14. The van der Waals surface area contributed by atoms with Gasteiger partial charge in [0.15, 0.2) is 0 Å². The van der Waals surface area contributed by atoms with Gasteiger partial charge in [-0.25, -0.2) is 0 Å². The first-order valence-corrected chi connectivity index (χ1v) is 8.06. The van der Waals surface area contributed by atoms with Gasteiger partial charge in [-0.1, -0.05) is 0 Å². The Balaban J connectivity index is 1.50. The summed E-state index contributed by atoms with van der Waals surface area (Å²) in [6, 6.07) is 0. The molecule has 3 fully saturated rings. The lowest BCUT2D eigenvalue weighted by atomic mass is 10.0. The maximum absolute atomic E-state index is 12.3. The highest BCUT2D eigenvalue weighted by Gasteiger charge is 2.40. The van der Waals surface area contributed by atoms with E-state index in [1.807, 2.05) is 0 Å². The summed E-state index contributed by atoms with van der Waals surface area (Å²) in [5, 5.41) is 10.7. The van der Waals surface area contributed by atoms with E-state index in [0.29, 0.717) is 39.0 Å². The Morgan fingerprint density at radius 3 is 2.57 bits per heavy atom. The second kappa shape index (κ2) is 5.93. The van der Waals surface area contributed by atoms with Crippen molar-refractivity contribution in [1.82, 2.24) is 14.7 Å². The molecular formula is C15H25N3O3. The summed E-state index contributed by atoms with van der Waals surface area (Å²) in [5.41, 5.74) is -0.769. The van der Waals surface area contributed by atoms with E-state index in [1.54, 1.807) is 9.80 Å².